The van der Waals surface area contributed by atoms with E-state index >= 15 is 0 Å². The molecule has 0 radical (unpaired) electrons. The van der Waals surface area contributed by atoms with Crippen molar-refractivity contribution in [1.82, 2.24) is 20.5 Å². The molecule has 5 heteroatoms. The fourth-order valence-electron chi connectivity index (χ4n) is 2.44. The normalized spacial score (nSPS) is 16.0. The van der Waals surface area contributed by atoms with Gasteiger partial charge in [-0.25, -0.2) is 0 Å². The number of pyridine rings is 1. The molecule has 104 valence electrons. The predicted molar refractivity (Wildman–Crippen MR) is 79.3 cm³/mol. The number of piperidine rings is 1. The average molecular weight is 269 g/mol. The molecule has 1 aliphatic heterocycles. The van der Waals surface area contributed by atoms with Crippen molar-refractivity contribution in [1.29, 1.82) is 0 Å². The summed E-state index contributed by atoms with van der Waals surface area (Å²) in [7, 11) is 0. The number of hydrogen-bond donors (Lipinski definition) is 2. The summed E-state index contributed by atoms with van der Waals surface area (Å²) in [5.41, 5.74) is 1.91. The predicted octanol–water partition coefficient (Wildman–Crippen LogP) is 1.95. The van der Waals surface area contributed by atoms with Crippen molar-refractivity contribution < 1.29 is 0 Å². The van der Waals surface area contributed by atoms with Gasteiger partial charge < -0.3 is 10.6 Å². The molecule has 0 aliphatic carbocycles. The minimum absolute atomic E-state index is 0.734. The Hall–Kier alpha value is -2.01. The zero-order valence-electron chi connectivity index (χ0n) is 11.4. The Morgan fingerprint density at radius 2 is 1.85 bits per heavy atom. The third kappa shape index (κ3) is 3.30. The summed E-state index contributed by atoms with van der Waals surface area (Å²) in [4.78, 5) is 4.00. The van der Waals surface area contributed by atoms with Crippen LogP contribution in [-0.2, 0) is 0 Å². The van der Waals surface area contributed by atoms with Gasteiger partial charge in [0, 0.05) is 24.5 Å². The largest absolute Gasteiger partial charge is 0.368 e. The lowest BCUT2D eigenvalue weighted by Gasteiger charge is -2.22. The van der Waals surface area contributed by atoms with E-state index in [4.69, 9.17) is 0 Å². The highest BCUT2D eigenvalue weighted by Crippen LogP contribution is 2.16. The van der Waals surface area contributed by atoms with Crippen LogP contribution in [0.25, 0.3) is 11.3 Å². The molecular formula is C15H19N5. The molecule has 2 N–H and O–H groups in total. The van der Waals surface area contributed by atoms with E-state index in [-0.39, 0.29) is 0 Å². The minimum Gasteiger partial charge on any atom is -0.368 e. The Kier molecular flexibility index (Phi) is 4.18. The highest BCUT2D eigenvalue weighted by molar-refractivity contribution is 5.58. The van der Waals surface area contributed by atoms with Crippen molar-refractivity contribution in [3.63, 3.8) is 0 Å². The molecule has 3 rings (SSSR count). The Bertz CT molecular complexity index is 520. The number of aromatic nitrogens is 3. The van der Waals surface area contributed by atoms with Crippen molar-refractivity contribution in [2.45, 2.75) is 12.8 Å². The van der Waals surface area contributed by atoms with Crippen LogP contribution in [0.15, 0.2) is 36.7 Å². The van der Waals surface area contributed by atoms with Crippen LogP contribution in [0.5, 0.6) is 0 Å². The van der Waals surface area contributed by atoms with Gasteiger partial charge in [0.05, 0.1) is 5.69 Å². The van der Waals surface area contributed by atoms with Crippen molar-refractivity contribution in [2.75, 3.05) is 25.0 Å². The SMILES string of the molecule is c1cc(-c2ccc(NCC3CCNCC3)nn2)ccn1. The van der Waals surface area contributed by atoms with Crippen molar-refractivity contribution in [3.05, 3.63) is 36.7 Å². The van der Waals surface area contributed by atoms with Crippen LogP contribution in [0.3, 0.4) is 0 Å². The highest BCUT2D eigenvalue weighted by atomic mass is 15.2. The van der Waals surface area contributed by atoms with Gasteiger partial charge in [-0.15, -0.1) is 10.2 Å². The Balaban J connectivity index is 1.58. The molecule has 2 aromatic rings. The van der Waals surface area contributed by atoms with Crippen molar-refractivity contribution in [2.24, 2.45) is 5.92 Å². The molecule has 1 aliphatic rings. The molecule has 0 amide bonds. The van der Waals surface area contributed by atoms with Gasteiger partial charge >= 0.3 is 0 Å². The molecule has 5 nitrogen and oxygen atoms in total. The van der Waals surface area contributed by atoms with E-state index in [0.29, 0.717) is 0 Å². The molecule has 0 spiro atoms. The van der Waals surface area contributed by atoms with Gasteiger partial charge in [-0.05, 0) is 56.1 Å². The number of nitrogens with zero attached hydrogens (tertiary/aromatic N) is 3. The second-order valence-electron chi connectivity index (χ2n) is 5.11. The summed E-state index contributed by atoms with van der Waals surface area (Å²) in [5.74, 6) is 1.58. The van der Waals surface area contributed by atoms with Crippen molar-refractivity contribution >= 4 is 5.82 Å². The smallest absolute Gasteiger partial charge is 0.148 e. The Labute approximate surface area is 118 Å². The molecule has 1 saturated heterocycles. The van der Waals surface area contributed by atoms with Crippen LogP contribution in [0, 0.1) is 5.92 Å². The number of anilines is 1. The van der Waals surface area contributed by atoms with Crippen LogP contribution in [0.4, 0.5) is 5.82 Å². The molecule has 0 saturated carbocycles. The van der Waals surface area contributed by atoms with E-state index in [1.165, 1.54) is 12.8 Å². The van der Waals surface area contributed by atoms with Crippen LogP contribution in [-0.4, -0.2) is 34.8 Å². The van der Waals surface area contributed by atoms with E-state index < -0.39 is 0 Å². The van der Waals surface area contributed by atoms with Gasteiger partial charge in [-0.1, -0.05) is 0 Å². The van der Waals surface area contributed by atoms with E-state index in [2.05, 4.69) is 25.8 Å². The first-order valence-corrected chi connectivity index (χ1v) is 7.10. The fraction of sp³-hybridized carbons (Fsp3) is 0.400. The maximum absolute atomic E-state index is 4.26. The second kappa shape index (κ2) is 6.43. The molecular weight excluding hydrogens is 250 g/mol. The maximum Gasteiger partial charge on any atom is 0.148 e. The second-order valence-corrected chi connectivity index (χ2v) is 5.11. The first-order chi connectivity index (χ1) is 9.92. The van der Waals surface area contributed by atoms with E-state index in [9.17, 15) is 0 Å². The van der Waals surface area contributed by atoms with Crippen LogP contribution < -0.4 is 10.6 Å². The van der Waals surface area contributed by atoms with Gasteiger partial charge in [0.2, 0.25) is 0 Å². The van der Waals surface area contributed by atoms with Gasteiger partial charge in [-0.2, -0.15) is 0 Å². The van der Waals surface area contributed by atoms with E-state index in [1.54, 1.807) is 12.4 Å². The molecule has 0 atom stereocenters. The summed E-state index contributed by atoms with van der Waals surface area (Å²) >= 11 is 0. The summed E-state index contributed by atoms with van der Waals surface area (Å²) in [6.07, 6.45) is 5.99. The van der Waals surface area contributed by atoms with Gasteiger partial charge in [0.1, 0.15) is 5.82 Å². The number of hydrogen-bond acceptors (Lipinski definition) is 5. The summed E-state index contributed by atoms with van der Waals surface area (Å²) in [5, 5.41) is 15.3. The van der Waals surface area contributed by atoms with Gasteiger partial charge in [0.15, 0.2) is 0 Å². The molecule has 0 bridgehead atoms. The molecule has 2 aromatic heterocycles. The minimum atomic E-state index is 0.734. The van der Waals surface area contributed by atoms with Crippen LogP contribution in [0.1, 0.15) is 12.8 Å². The van der Waals surface area contributed by atoms with E-state index in [1.807, 2.05) is 24.3 Å². The summed E-state index contributed by atoms with van der Waals surface area (Å²) in [6.45, 7) is 3.23. The quantitative estimate of drug-likeness (QED) is 0.888. The van der Waals surface area contributed by atoms with Crippen LogP contribution in [0.2, 0.25) is 0 Å². The zero-order valence-corrected chi connectivity index (χ0v) is 11.4. The van der Waals surface area contributed by atoms with Gasteiger partial charge in [0.25, 0.3) is 0 Å². The van der Waals surface area contributed by atoms with Gasteiger partial charge in [-0.3, -0.25) is 4.98 Å². The topological polar surface area (TPSA) is 62.7 Å². The number of rotatable bonds is 4. The summed E-state index contributed by atoms with van der Waals surface area (Å²) in [6, 6.07) is 7.86. The Morgan fingerprint density at radius 1 is 1.05 bits per heavy atom. The molecule has 20 heavy (non-hydrogen) atoms. The number of nitrogens with one attached hydrogen (secondary N) is 2. The lowest BCUT2D eigenvalue weighted by molar-refractivity contribution is 0.389. The maximum atomic E-state index is 4.26. The highest BCUT2D eigenvalue weighted by Gasteiger charge is 2.12. The lowest BCUT2D eigenvalue weighted by atomic mass is 9.98. The third-order valence-corrected chi connectivity index (χ3v) is 3.67. The standard InChI is InChI=1S/C15H19N5/c1-2-15(18-11-12-3-7-16-8-4-12)20-19-14(1)13-5-9-17-10-6-13/h1-2,5-6,9-10,12,16H,3-4,7-8,11H2,(H,18,20). The lowest BCUT2D eigenvalue weighted by Crippen LogP contribution is -2.31. The first-order valence-electron chi connectivity index (χ1n) is 7.10. The molecule has 3 heterocycles. The molecule has 1 fully saturated rings. The van der Waals surface area contributed by atoms with E-state index in [0.717, 1.165) is 42.6 Å². The fourth-order valence-corrected chi connectivity index (χ4v) is 2.44. The zero-order chi connectivity index (χ0) is 13.6. The third-order valence-electron chi connectivity index (χ3n) is 3.67. The monoisotopic (exact) mass is 269 g/mol. The van der Waals surface area contributed by atoms with Crippen LogP contribution >= 0.6 is 0 Å². The van der Waals surface area contributed by atoms with Crippen molar-refractivity contribution in [3.8, 4) is 11.3 Å². The first kappa shape index (κ1) is 13.0. The average Bonchev–Trinajstić information content (AvgIpc) is 2.55. The summed E-state index contributed by atoms with van der Waals surface area (Å²) < 4.78 is 0. The Morgan fingerprint density at radius 3 is 2.55 bits per heavy atom. The molecule has 0 aromatic carbocycles. The molecule has 0 unspecified atom stereocenters.